The Morgan fingerprint density at radius 3 is 2.72 bits per heavy atom. The van der Waals surface area contributed by atoms with Gasteiger partial charge in [0, 0.05) is 31.2 Å². The van der Waals surface area contributed by atoms with Crippen molar-refractivity contribution in [1.29, 1.82) is 0 Å². The molecular formula is C24H29FN4O3. The molecule has 0 aliphatic carbocycles. The van der Waals surface area contributed by atoms with Gasteiger partial charge in [0.15, 0.2) is 0 Å². The molecule has 3 N–H and O–H groups in total. The fraction of sp³-hybridized carbons (Fsp3) is 0.417. The normalized spacial score (nSPS) is 22.7. The molecule has 4 rings (SSSR count). The summed E-state index contributed by atoms with van der Waals surface area (Å²) < 4.78 is 18.4. The quantitative estimate of drug-likeness (QED) is 0.612. The molecule has 0 aromatic heterocycles. The lowest BCUT2D eigenvalue weighted by Gasteiger charge is -2.20. The predicted octanol–water partition coefficient (Wildman–Crippen LogP) is 1.78. The molecule has 3 unspecified atom stereocenters. The van der Waals surface area contributed by atoms with Crippen molar-refractivity contribution in [3.8, 4) is 5.75 Å². The molecule has 32 heavy (non-hydrogen) atoms. The van der Waals surface area contributed by atoms with Crippen LogP contribution in [0.15, 0.2) is 48.5 Å². The molecule has 3 atom stereocenters. The minimum absolute atomic E-state index is 0.0520. The topological polar surface area (TPSA) is 82.7 Å². The number of nitrogens with zero attached hydrogens (tertiary/aromatic N) is 1. The smallest absolute Gasteiger partial charge is 0.238 e. The second-order valence-corrected chi connectivity index (χ2v) is 8.40. The van der Waals surface area contributed by atoms with E-state index in [0.717, 1.165) is 23.3 Å². The van der Waals surface area contributed by atoms with Gasteiger partial charge in [0.1, 0.15) is 17.6 Å². The van der Waals surface area contributed by atoms with Crippen molar-refractivity contribution in [2.75, 3.05) is 20.2 Å². The number of benzene rings is 2. The Bertz CT molecular complexity index is 953. The number of carbonyl (C=O) groups is 2. The van der Waals surface area contributed by atoms with Crippen LogP contribution >= 0.6 is 0 Å². The lowest BCUT2D eigenvalue weighted by atomic mass is 9.95. The van der Waals surface area contributed by atoms with Gasteiger partial charge in [-0.2, -0.15) is 0 Å². The maximum absolute atomic E-state index is 13.1. The number of likely N-dealkylation sites (tertiary alicyclic amines) is 1. The van der Waals surface area contributed by atoms with E-state index in [1.54, 1.807) is 19.2 Å². The van der Waals surface area contributed by atoms with E-state index in [0.29, 0.717) is 26.1 Å². The van der Waals surface area contributed by atoms with Crippen LogP contribution in [0, 0.1) is 11.7 Å². The Kier molecular flexibility index (Phi) is 7.02. The molecule has 2 aliphatic heterocycles. The van der Waals surface area contributed by atoms with Crippen LogP contribution in [-0.2, 0) is 22.6 Å². The first-order chi connectivity index (χ1) is 15.5. The lowest BCUT2D eigenvalue weighted by Crippen LogP contribution is -2.43. The van der Waals surface area contributed by atoms with Crippen LogP contribution in [0.4, 0.5) is 4.39 Å². The third-order valence-corrected chi connectivity index (χ3v) is 6.31. The van der Waals surface area contributed by atoms with Gasteiger partial charge in [-0.25, -0.2) is 9.82 Å². The zero-order valence-corrected chi connectivity index (χ0v) is 18.1. The number of hydrogen-bond acceptors (Lipinski definition) is 5. The van der Waals surface area contributed by atoms with Gasteiger partial charge in [-0.1, -0.05) is 30.3 Å². The number of para-hydroxylation sites is 1. The van der Waals surface area contributed by atoms with Crippen LogP contribution in [0.2, 0.25) is 0 Å². The van der Waals surface area contributed by atoms with Gasteiger partial charge in [0.2, 0.25) is 11.8 Å². The van der Waals surface area contributed by atoms with Crippen LogP contribution in [0.5, 0.6) is 5.75 Å². The van der Waals surface area contributed by atoms with Gasteiger partial charge in [-0.15, -0.1) is 0 Å². The predicted molar refractivity (Wildman–Crippen MR) is 118 cm³/mol. The molecule has 8 heteroatoms. The second-order valence-electron chi connectivity index (χ2n) is 8.40. The monoisotopic (exact) mass is 440 g/mol. The highest BCUT2D eigenvalue weighted by molar-refractivity contribution is 5.82. The zero-order chi connectivity index (χ0) is 22.5. The number of carbonyl (C=O) groups excluding carboxylic acids is 2. The Labute approximate surface area is 187 Å². The van der Waals surface area contributed by atoms with E-state index in [-0.39, 0.29) is 42.1 Å². The van der Waals surface area contributed by atoms with E-state index < -0.39 is 0 Å². The zero-order valence-electron chi connectivity index (χ0n) is 18.1. The van der Waals surface area contributed by atoms with Gasteiger partial charge < -0.3 is 15.0 Å². The SMILES string of the molecule is COc1ccccc1CNC(=O)C1CC(C2CCN(C(=O)Cc3ccc(F)cc3)C2)NN1. The summed E-state index contributed by atoms with van der Waals surface area (Å²) in [5.41, 5.74) is 8.10. The molecule has 2 aliphatic rings. The number of methoxy groups -OCH3 is 1. The molecule has 0 spiro atoms. The van der Waals surface area contributed by atoms with Crippen LogP contribution < -0.4 is 20.9 Å². The lowest BCUT2D eigenvalue weighted by molar-refractivity contribution is -0.129. The molecule has 2 heterocycles. The molecule has 2 fully saturated rings. The van der Waals surface area contributed by atoms with Crippen molar-refractivity contribution in [1.82, 2.24) is 21.1 Å². The van der Waals surface area contributed by atoms with E-state index in [4.69, 9.17) is 4.74 Å². The van der Waals surface area contributed by atoms with E-state index in [9.17, 15) is 14.0 Å². The Hall–Kier alpha value is -2.97. The molecule has 7 nitrogen and oxygen atoms in total. The third-order valence-electron chi connectivity index (χ3n) is 6.31. The Morgan fingerprint density at radius 1 is 1.16 bits per heavy atom. The van der Waals surface area contributed by atoms with Crippen LogP contribution in [0.25, 0.3) is 0 Å². The number of halogens is 1. The highest BCUT2D eigenvalue weighted by atomic mass is 19.1. The summed E-state index contributed by atoms with van der Waals surface area (Å²) in [6.45, 7) is 1.77. The molecule has 2 aromatic rings. The molecule has 0 saturated carbocycles. The summed E-state index contributed by atoms with van der Waals surface area (Å²) in [5.74, 6) is 0.722. The minimum Gasteiger partial charge on any atom is -0.496 e. The number of amides is 2. The molecule has 0 radical (unpaired) electrons. The van der Waals surface area contributed by atoms with E-state index >= 15 is 0 Å². The summed E-state index contributed by atoms with van der Waals surface area (Å²) in [6, 6.07) is 13.5. The maximum Gasteiger partial charge on any atom is 0.238 e. The van der Waals surface area contributed by atoms with Gasteiger partial charge in [-0.3, -0.25) is 15.0 Å². The maximum atomic E-state index is 13.1. The fourth-order valence-corrected chi connectivity index (χ4v) is 4.45. The molecular weight excluding hydrogens is 411 g/mol. The first kappa shape index (κ1) is 22.2. The highest BCUT2D eigenvalue weighted by Crippen LogP contribution is 2.25. The largest absolute Gasteiger partial charge is 0.496 e. The molecule has 2 amide bonds. The fourth-order valence-electron chi connectivity index (χ4n) is 4.45. The number of hydrogen-bond donors (Lipinski definition) is 3. The molecule has 170 valence electrons. The van der Waals surface area contributed by atoms with E-state index in [1.165, 1.54) is 12.1 Å². The number of ether oxygens (including phenoxy) is 1. The van der Waals surface area contributed by atoms with Gasteiger partial charge in [0.25, 0.3) is 0 Å². The molecule has 0 bridgehead atoms. The summed E-state index contributed by atoms with van der Waals surface area (Å²) in [6.07, 6.45) is 1.84. The first-order valence-electron chi connectivity index (χ1n) is 11.0. The van der Waals surface area contributed by atoms with Crippen molar-refractivity contribution in [2.24, 2.45) is 5.92 Å². The Morgan fingerprint density at radius 2 is 1.94 bits per heavy atom. The second kappa shape index (κ2) is 10.1. The van der Waals surface area contributed by atoms with Gasteiger partial charge >= 0.3 is 0 Å². The highest BCUT2D eigenvalue weighted by Gasteiger charge is 2.38. The van der Waals surface area contributed by atoms with Crippen LogP contribution in [0.1, 0.15) is 24.0 Å². The molecule has 2 saturated heterocycles. The first-order valence-corrected chi connectivity index (χ1v) is 11.0. The average Bonchev–Trinajstić information content (AvgIpc) is 3.49. The summed E-state index contributed by atoms with van der Waals surface area (Å²) in [5, 5.41) is 2.97. The van der Waals surface area contributed by atoms with Crippen molar-refractivity contribution in [2.45, 2.75) is 37.9 Å². The van der Waals surface area contributed by atoms with Crippen molar-refractivity contribution in [3.63, 3.8) is 0 Å². The van der Waals surface area contributed by atoms with Crippen LogP contribution in [0.3, 0.4) is 0 Å². The van der Waals surface area contributed by atoms with Crippen molar-refractivity contribution in [3.05, 3.63) is 65.5 Å². The Balaban J connectivity index is 1.24. The van der Waals surface area contributed by atoms with Gasteiger partial charge in [-0.05, 0) is 42.5 Å². The number of nitrogens with one attached hydrogen (secondary N) is 3. The standard InChI is InChI=1S/C24H29FN4O3/c1-32-22-5-3-2-4-17(22)14-26-24(31)21-13-20(27-28-21)18-10-11-29(15-18)23(30)12-16-6-8-19(25)9-7-16/h2-9,18,20-21,27-28H,10-15H2,1H3,(H,26,31). The summed E-state index contributed by atoms with van der Waals surface area (Å²) in [7, 11) is 1.61. The van der Waals surface area contributed by atoms with Crippen molar-refractivity contribution < 1.29 is 18.7 Å². The minimum atomic E-state index is -0.321. The number of hydrazine groups is 1. The van der Waals surface area contributed by atoms with Crippen molar-refractivity contribution >= 4 is 11.8 Å². The van der Waals surface area contributed by atoms with E-state index in [1.807, 2.05) is 29.2 Å². The molecule has 2 aromatic carbocycles. The van der Waals surface area contributed by atoms with Crippen LogP contribution in [-0.4, -0.2) is 49.0 Å². The number of rotatable bonds is 7. The summed E-state index contributed by atoms with van der Waals surface area (Å²) in [4.78, 5) is 27.1. The average molecular weight is 441 g/mol. The van der Waals surface area contributed by atoms with Gasteiger partial charge in [0.05, 0.1) is 13.5 Å². The third kappa shape index (κ3) is 5.26. The van der Waals surface area contributed by atoms with E-state index in [2.05, 4.69) is 16.2 Å². The summed E-state index contributed by atoms with van der Waals surface area (Å²) >= 11 is 0.